The van der Waals surface area contributed by atoms with Crippen molar-refractivity contribution in [3.8, 4) is 0 Å². The van der Waals surface area contributed by atoms with Crippen LogP contribution in [0.25, 0.3) is 0 Å². The summed E-state index contributed by atoms with van der Waals surface area (Å²) in [6.45, 7) is 2.88. The van der Waals surface area contributed by atoms with Crippen LogP contribution in [0.1, 0.15) is 39.0 Å². The average Bonchev–Trinajstić information content (AvgIpc) is 2.69. The number of alkyl halides is 3. The molecule has 2 heterocycles. The van der Waals surface area contributed by atoms with Gasteiger partial charge in [-0.2, -0.15) is 13.2 Å². The van der Waals surface area contributed by atoms with Gasteiger partial charge in [0.1, 0.15) is 6.04 Å². The summed E-state index contributed by atoms with van der Waals surface area (Å²) >= 11 is 0. The molecule has 2 saturated heterocycles. The standard InChI is InChI=1S/C16H26F3N3O2/c1-2-13-15(24)20-6-3-7-22(13)14(23)10-12-4-8-21(9-5-12)11-16(17,18)19/h12-13H,2-11H2,1H3,(H,20,24)/t13-/m1/s1. The molecule has 2 amide bonds. The van der Waals surface area contributed by atoms with Crippen LogP contribution in [0.5, 0.6) is 0 Å². The summed E-state index contributed by atoms with van der Waals surface area (Å²) in [6.07, 6.45) is -1.35. The Balaban J connectivity index is 1.85. The van der Waals surface area contributed by atoms with Gasteiger partial charge in [-0.05, 0) is 44.7 Å². The lowest BCUT2D eigenvalue weighted by Crippen LogP contribution is -2.47. The van der Waals surface area contributed by atoms with Crippen molar-refractivity contribution in [3.63, 3.8) is 0 Å². The van der Waals surface area contributed by atoms with Crippen LogP contribution in [0.15, 0.2) is 0 Å². The van der Waals surface area contributed by atoms with Gasteiger partial charge in [0.05, 0.1) is 6.54 Å². The molecule has 138 valence electrons. The van der Waals surface area contributed by atoms with E-state index in [1.165, 1.54) is 4.90 Å². The summed E-state index contributed by atoms with van der Waals surface area (Å²) < 4.78 is 37.2. The molecule has 0 aliphatic carbocycles. The molecular weight excluding hydrogens is 323 g/mol. The average molecular weight is 349 g/mol. The first kappa shape index (κ1) is 19.0. The van der Waals surface area contributed by atoms with Crippen LogP contribution >= 0.6 is 0 Å². The van der Waals surface area contributed by atoms with Gasteiger partial charge in [-0.25, -0.2) is 0 Å². The van der Waals surface area contributed by atoms with Crippen LogP contribution in [0, 0.1) is 5.92 Å². The number of hydrogen-bond donors (Lipinski definition) is 1. The molecule has 0 saturated carbocycles. The minimum absolute atomic E-state index is 0.0480. The Morgan fingerprint density at radius 3 is 2.50 bits per heavy atom. The molecule has 8 heteroatoms. The minimum atomic E-state index is -4.17. The molecule has 24 heavy (non-hydrogen) atoms. The SMILES string of the molecule is CC[C@@H]1C(=O)NCCCN1C(=O)CC1CCN(CC(F)(F)F)CC1. The lowest BCUT2D eigenvalue weighted by molar-refractivity contribution is -0.150. The highest BCUT2D eigenvalue weighted by molar-refractivity contribution is 5.88. The van der Waals surface area contributed by atoms with E-state index in [-0.39, 0.29) is 17.7 Å². The molecule has 0 aromatic rings. The molecule has 1 N–H and O–H groups in total. The van der Waals surface area contributed by atoms with E-state index in [1.807, 2.05) is 6.92 Å². The van der Waals surface area contributed by atoms with Crippen molar-refractivity contribution in [2.75, 3.05) is 32.7 Å². The maximum atomic E-state index is 12.6. The van der Waals surface area contributed by atoms with E-state index in [0.717, 1.165) is 6.42 Å². The van der Waals surface area contributed by atoms with E-state index >= 15 is 0 Å². The first-order chi connectivity index (χ1) is 11.3. The Kier molecular flexibility index (Phi) is 6.48. The van der Waals surface area contributed by atoms with E-state index < -0.39 is 18.8 Å². The quantitative estimate of drug-likeness (QED) is 0.842. The fourth-order valence-corrected chi connectivity index (χ4v) is 3.55. The van der Waals surface area contributed by atoms with Gasteiger partial charge in [0, 0.05) is 19.5 Å². The fraction of sp³-hybridized carbons (Fsp3) is 0.875. The molecule has 0 spiro atoms. The lowest BCUT2D eigenvalue weighted by Gasteiger charge is -2.34. The Morgan fingerprint density at radius 1 is 1.25 bits per heavy atom. The van der Waals surface area contributed by atoms with Crippen molar-refractivity contribution in [3.05, 3.63) is 0 Å². The summed E-state index contributed by atoms with van der Waals surface area (Å²) in [5.41, 5.74) is 0. The molecule has 5 nitrogen and oxygen atoms in total. The van der Waals surface area contributed by atoms with Crippen LogP contribution in [0.2, 0.25) is 0 Å². The zero-order valence-electron chi connectivity index (χ0n) is 14.1. The number of carbonyl (C=O) groups excluding carboxylic acids is 2. The smallest absolute Gasteiger partial charge is 0.354 e. The Bertz CT molecular complexity index is 448. The number of nitrogens with one attached hydrogen (secondary N) is 1. The number of piperidine rings is 1. The van der Waals surface area contributed by atoms with Gasteiger partial charge >= 0.3 is 6.18 Å². The number of halogens is 3. The highest BCUT2D eigenvalue weighted by atomic mass is 19.4. The normalized spacial score (nSPS) is 24.6. The Labute approximate surface area is 140 Å². The maximum Gasteiger partial charge on any atom is 0.401 e. The predicted octanol–water partition coefficient (Wildman–Crippen LogP) is 1.78. The molecule has 2 fully saturated rings. The third-order valence-corrected chi connectivity index (χ3v) is 4.83. The number of rotatable bonds is 4. The molecule has 2 aliphatic rings. The summed E-state index contributed by atoms with van der Waals surface area (Å²) in [7, 11) is 0. The van der Waals surface area contributed by atoms with Crippen LogP contribution in [0.4, 0.5) is 13.2 Å². The first-order valence-corrected chi connectivity index (χ1v) is 8.66. The predicted molar refractivity (Wildman–Crippen MR) is 83.3 cm³/mol. The molecule has 0 aromatic heterocycles. The number of nitrogens with zero attached hydrogens (tertiary/aromatic N) is 2. The van der Waals surface area contributed by atoms with E-state index in [9.17, 15) is 22.8 Å². The number of carbonyl (C=O) groups is 2. The summed E-state index contributed by atoms with van der Waals surface area (Å²) in [6, 6.07) is -0.426. The third kappa shape index (κ3) is 5.36. The largest absolute Gasteiger partial charge is 0.401 e. The van der Waals surface area contributed by atoms with Crippen LogP contribution in [-0.2, 0) is 9.59 Å². The second-order valence-corrected chi connectivity index (χ2v) is 6.69. The second-order valence-electron chi connectivity index (χ2n) is 6.69. The maximum absolute atomic E-state index is 12.6. The van der Waals surface area contributed by atoms with Crippen LogP contribution in [0.3, 0.4) is 0 Å². The van der Waals surface area contributed by atoms with E-state index in [4.69, 9.17) is 0 Å². The molecule has 0 bridgehead atoms. The Hall–Kier alpha value is -1.31. The van der Waals surface area contributed by atoms with E-state index in [1.54, 1.807) is 4.90 Å². The highest BCUT2D eigenvalue weighted by Gasteiger charge is 2.34. The van der Waals surface area contributed by atoms with Crippen LogP contribution in [-0.4, -0.2) is 66.6 Å². The molecule has 2 aliphatic heterocycles. The highest BCUT2D eigenvalue weighted by Crippen LogP contribution is 2.25. The molecule has 1 atom stereocenters. The van der Waals surface area contributed by atoms with Crippen molar-refractivity contribution in [2.45, 2.75) is 51.2 Å². The number of amides is 2. The zero-order valence-corrected chi connectivity index (χ0v) is 14.1. The molecular formula is C16H26F3N3O2. The molecule has 2 rings (SSSR count). The molecule has 0 aromatic carbocycles. The zero-order chi connectivity index (χ0) is 17.7. The van der Waals surface area contributed by atoms with Crippen molar-refractivity contribution in [1.82, 2.24) is 15.1 Å². The topological polar surface area (TPSA) is 52.7 Å². The van der Waals surface area contributed by atoms with Gasteiger partial charge < -0.3 is 10.2 Å². The first-order valence-electron chi connectivity index (χ1n) is 8.66. The lowest BCUT2D eigenvalue weighted by atomic mass is 9.92. The van der Waals surface area contributed by atoms with Crippen molar-refractivity contribution >= 4 is 11.8 Å². The third-order valence-electron chi connectivity index (χ3n) is 4.83. The van der Waals surface area contributed by atoms with Crippen molar-refractivity contribution < 1.29 is 22.8 Å². The molecule has 0 unspecified atom stereocenters. The van der Waals surface area contributed by atoms with Gasteiger partial charge in [-0.15, -0.1) is 0 Å². The van der Waals surface area contributed by atoms with E-state index in [0.29, 0.717) is 51.9 Å². The van der Waals surface area contributed by atoms with Gasteiger partial charge in [0.2, 0.25) is 11.8 Å². The summed E-state index contributed by atoms with van der Waals surface area (Å²) in [4.78, 5) is 27.7. The number of likely N-dealkylation sites (tertiary alicyclic amines) is 1. The summed E-state index contributed by atoms with van der Waals surface area (Å²) in [5.74, 6) is -0.0534. The minimum Gasteiger partial charge on any atom is -0.354 e. The monoisotopic (exact) mass is 349 g/mol. The second kappa shape index (κ2) is 8.18. The van der Waals surface area contributed by atoms with Crippen LogP contribution < -0.4 is 5.32 Å². The van der Waals surface area contributed by atoms with E-state index in [2.05, 4.69) is 5.32 Å². The molecule has 0 radical (unpaired) electrons. The summed E-state index contributed by atoms with van der Waals surface area (Å²) in [5, 5.41) is 2.82. The number of hydrogen-bond acceptors (Lipinski definition) is 3. The fourth-order valence-electron chi connectivity index (χ4n) is 3.55. The van der Waals surface area contributed by atoms with Crippen molar-refractivity contribution in [2.24, 2.45) is 5.92 Å². The van der Waals surface area contributed by atoms with Gasteiger partial charge in [-0.3, -0.25) is 14.5 Å². The van der Waals surface area contributed by atoms with Gasteiger partial charge in [0.25, 0.3) is 0 Å². The van der Waals surface area contributed by atoms with Gasteiger partial charge in [-0.1, -0.05) is 6.92 Å². The van der Waals surface area contributed by atoms with Crippen molar-refractivity contribution in [1.29, 1.82) is 0 Å². The van der Waals surface area contributed by atoms with Gasteiger partial charge in [0.15, 0.2) is 0 Å². The Morgan fingerprint density at radius 2 is 1.92 bits per heavy atom.